The number of fused-ring (bicyclic) bond motifs is 1. The normalized spacial score (nSPS) is 19.6. The average molecular weight is 590 g/mol. The van der Waals surface area contributed by atoms with Crippen molar-refractivity contribution in [3.63, 3.8) is 0 Å². The molecule has 228 valence electrons. The predicted molar refractivity (Wildman–Crippen MR) is 148 cm³/mol. The number of methoxy groups -OCH3 is 2. The van der Waals surface area contributed by atoms with E-state index in [0.717, 1.165) is 5.56 Å². The van der Waals surface area contributed by atoms with Crippen LogP contribution in [0, 0.1) is 0 Å². The van der Waals surface area contributed by atoms with Crippen LogP contribution in [0.1, 0.15) is 43.6 Å². The summed E-state index contributed by atoms with van der Waals surface area (Å²) in [4.78, 5) is 22.9. The van der Waals surface area contributed by atoms with Crippen LogP contribution < -0.4 is 26.7 Å². The number of nitrogens with one attached hydrogen (secondary N) is 1. The average Bonchev–Trinajstić information content (AvgIpc) is 3.68. The number of tetrazole rings is 1. The van der Waals surface area contributed by atoms with Crippen LogP contribution in [0.2, 0.25) is 0 Å². The summed E-state index contributed by atoms with van der Waals surface area (Å²) in [6.45, 7) is 4.06. The van der Waals surface area contributed by atoms with Gasteiger partial charge in [-0.25, -0.2) is 4.98 Å². The molecule has 0 aliphatic carbocycles. The number of nitrogen functional groups attached to an aromatic ring is 1. The highest BCUT2D eigenvalue weighted by Crippen LogP contribution is 2.39. The van der Waals surface area contributed by atoms with Crippen LogP contribution in [-0.4, -0.2) is 94.5 Å². The number of carboxylic acid groups (broad SMARTS) is 1. The zero-order chi connectivity index (χ0) is 29.7. The number of nitrogens with two attached hydrogens (primary N) is 1. The van der Waals surface area contributed by atoms with E-state index in [-0.39, 0.29) is 36.3 Å². The molecule has 4 aromatic rings. The van der Waals surface area contributed by atoms with Crippen LogP contribution in [0.4, 0.5) is 11.8 Å². The molecule has 1 fully saturated rings. The molecule has 0 bridgehead atoms. The number of imidazole rings is 1. The molecule has 4 heterocycles. The van der Waals surface area contributed by atoms with Crippen molar-refractivity contribution in [1.29, 1.82) is 0 Å². The molecule has 42 heavy (non-hydrogen) atoms. The lowest BCUT2D eigenvalue weighted by Gasteiger charge is -2.16. The van der Waals surface area contributed by atoms with E-state index in [1.54, 1.807) is 14.2 Å². The highest BCUT2D eigenvalue weighted by molar-refractivity contribution is 5.83. The molecule has 1 aliphatic rings. The van der Waals surface area contributed by atoms with E-state index in [2.05, 4.69) is 35.7 Å². The molecule has 0 amide bonds. The fraction of sp³-hybridized carbons (Fsp3) is 0.458. The lowest BCUT2D eigenvalue weighted by atomic mass is 10.1. The molecule has 9 N–H and O–H groups in total. The van der Waals surface area contributed by atoms with E-state index in [4.69, 9.17) is 29.8 Å². The number of rotatable bonds is 9. The zero-order valence-corrected chi connectivity index (χ0v) is 23.5. The molecule has 3 aromatic heterocycles. The van der Waals surface area contributed by atoms with Gasteiger partial charge in [0.25, 0.3) is 6.47 Å². The van der Waals surface area contributed by atoms with E-state index in [1.807, 2.05) is 32.0 Å². The van der Waals surface area contributed by atoms with E-state index < -0.39 is 24.5 Å². The van der Waals surface area contributed by atoms with Crippen LogP contribution >= 0.6 is 0 Å². The van der Waals surface area contributed by atoms with Crippen molar-refractivity contribution in [3.8, 4) is 11.5 Å². The molecule has 1 aromatic carbocycles. The van der Waals surface area contributed by atoms with Gasteiger partial charge in [-0.3, -0.25) is 9.36 Å². The molecule has 0 radical (unpaired) electrons. The second kappa shape index (κ2) is 13.8. The number of nitrogens with zero attached hydrogens (tertiary/aromatic N) is 8. The van der Waals surface area contributed by atoms with Crippen LogP contribution in [0.15, 0.2) is 24.5 Å². The van der Waals surface area contributed by atoms with Crippen molar-refractivity contribution < 1.29 is 34.3 Å². The van der Waals surface area contributed by atoms with Gasteiger partial charge in [0, 0.05) is 6.54 Å². The maximum absolute atomic E-state index is 10.8. The molecule has 5 rings (SSSR count). The third-order valence-corrected chi connectivity index (χ3v) is 6.27. The number of aliphatic hydroxyl groups is 2. The second-order valence-corrected chi connectivity index (χ2v) is 9.22. The van der Waals surface area contributed by atoms with Crippen molar-refractivity contribution in [2.75, 3.05) is 31.8 Å². The van der Waals surface area contributed by atoms with Crippen molar-refractivity contribution in [1.82, 2.24) is 45.9 Å². The van der Waals surface area contributed by atoms with Crippen LogP contribution in [-0.2, 0) is 16.0 Å². The first-order chi connectivity index (χ1) is 19.7. The Morgan fingerprint density at radius 3 is 2.52 bits per heavy atom. The van der Waals surface area contributed by atoms with Gasteiger partial charge >= 0.3 is 0 Å². The van der Waals surface area contributed by atoms with Gasteiger partial charge in [0.2, 0.25) is 11.8 Å². The zero-order valence-electron chi connectivity index (χ0n) is 23.5. The Labute approximate surface area is 240 Å². The largest absolute Gasteiger partial charge is 0.493 e. The fourth-order valence-corrected chi connectivity index (χ4v) is 4.23. The van der Waals surface area contributed by atoms with Gasteiger partial charge in [0.15, 0.2) is 35.3 Å². The summed E-state index contributed by atoms with van der Waals surface area (Å²) in [6.07, 6.45) is -2.51. The SMILES string of the molecule is COc1ccc(CCNc2nc(N)c3ncn([C@@H]4O[C@H](c5nnn(C(C)C)n5)[C@@H](O)[C@H]4O)c3n2)cc1OC.N.O=CO. The van der Waals surface area contributed by atoms with Crippen molar-refractivity contribution in [2.24, 2.45) is 0 Å². The molecule has 18 nitrogen and oxygen atoms in total. The minimum absolute atomic E-state index is 0. The Morgan fingerprint density at radius 2 is 1.88 bits per heavy atom. The van der Waals surface area contributed by atoms with Crippen molar-refractivity contribution in [3.05, 3.63) is 35.9 Å². The topological polar surface area (TPSA) is 266 Å². The van der Waals surface area contributed by atoms with Gasteiger partial charge in [0.1, 0.15) is 17.7 Å². The van der Waals surface area contributed by atoms with Crippen LogP contribution in [0.5, 0.6) is 11.5 Å². The number of carbonyl (C=O) groups is 1. The number of hydrogen-bond acceptors (Lipinski definition) is 15. The first kappa shape index (κ1) is 31.9. The Balaban J connectivity index is 0.00000116. The lowest BCUT2D eigenvalue weighted by Crippen LogP contribution is -2.29. The first-order valence-corrected chi connectivity index (χ1v) is 12.6. The summed E-state index contributed by atoms with van der Waals surface area (Å²) < 4.78 is 18.1. The summed E-state index contributed by atoms with van der Waals surface area (Å²) in [5, 5.41) is 43.8. The third kappa shape index (κ3) is 6.46. The summed E-state index contributed by atoms with van der Waals surface area (Å²) >= 11 is 0. The van der Waals surface area contributed by atoms with Gasteiger partial charge in [-0.15, -0.1) is 10.2 Å². The van der Waals surface area contributed by atoms with E-state index in [1.165, 1.54) is 15.7 Å². The Hall–Kier alpha value is -4.65. The monoisotopic (exact) mass is 589 g/mol. The quantitative estimate of drug-likeness (QED) is 0.145. The number of anilines is 2. The lowest BCUT2D eigenvalue weighted by molar-refractivity contribution is -0.122. The second-order valence-electron chi connectivity index (χ2n) is 9.22. The molecule has 0 saturated carbocycles. The Bertz CT molecular complexity index is 1480. The van der Waals surface area contributed by atoms with E-state index in [0.29, 0.717) is 35.6 Å². The smallest absolute Gasteiger partial charge is 0.290 e. The third-order valence-electron chi connectivity index (χ3n) is 6.27. The first-order valence-electron chi connectivity index (χ1n) is 12.6. The van der Waals surface area contributed by atoms with Gasteiger partial charge in [0.05, 0.1) is 26.6 Å². The van der Waals surface area contributed by atoms with E-state index >= 15 is 0 Å². The molecule has 0 spiro atoms. The maximum Gasteiger partial charge on any atom is 0.290 e. The summed E-state index contributed by atoms with van der Waals surface area (Å²) in [6, 6.07) is 5.68. The maximum atomic E-state index is 10.8. The van der Waals surface area contributed by atoms with Crippen LogP contribution in [0.3, 0.4) is 0 Å². The van der Waals surface area contributed by atoms with Crippen molar-refractivity contribution in [2.45, 2.75) is 50.8 Å². The van der Waals surface area contributed by atoms with Crippen LogP contribution in [0.25, 0.3) is 11.2 Å². The molecular weight excluding hydrogens is 554 g/mol. The highest BCUT2D eigenvalue weighted by atomic mass is 16.6. The van der Waals surface area contributed by atoms with Crippen molar-refractivity contribution >= 4 is 29.4 Å². The molecule has 0 unspecified atom stereocenters. The molecular formula is C24H35N11O7. The highest BCUT2D eigenvalue weighted by Gasteiger charge is 2.47. The van der Waals surface area contributed by atoms with E-state index in [9.17, 15) is 10.2 Å². The summed E-state index contributed by atoms with van der Waals surface area (Å²) in [5.41, 5.74) is 7.86. The number of hydrogen-bond donors (Lipinski definition) is 6. The number of aromatic nitrogens is 8. The molecule has 1 saturated heterocycles. The van der Waals surface area contributed by atoms with Gasteiger partial charge in [-0.05, 0) is 43.2 Å². The summed E-state index contributed by atoms with van der Waals surface area (Å²) in [7, 11) is 3.18. The van der Waals surface area contributed by atoms with Gasteiger partial charge < -0.3 is 46.7 Å². The number of ether oxygens (including phenoxy) is 3. The van der Waals surface area contributed by atoms with Gasteiger partial charge in [-0.2, -0.15) is 14.8 Å². The molecule has 18 heteroatoms. The molecule has 1 aliphatic heterocycles. The Kier molecular flexibility index (Phi) is 10.5. The minimum atomic E-state index is -1.30. The standard InChI is InChI=1S/C23H30N10O5.CH2O2.H3N/c1-11(2)33-30-20(29-31-33)18-16(34)17(35)22(38-18)32-10-26-15-19(24)27-23(28-21(15)32)25-8-7-12-5-6-13(36-3)14(9-12)37-4;2-1-3;/h5-6,9-11,16-18,22,34-35H,7-8H2,1-4H3,(H3,24,25,27,28);1H,(H,2,3);1H3/t16-,17+,18-,22+;;/m0../s1. The minimum Gasteiger partial charge on any atom is -0.493 e. The number of aliphatic hydroxyl groups excluding tert-OH is 2. The predicted octanol–water partition coefficient (Wildman–Crippen LogP) is 0.502. The number of benzene rings is 1. The fourth-order valence-electron chi connectivity index (χ4n) is 4.23. The molecule has 4 atom stereocenters. The summed E-state index contributed by atoms with van der Waals surface area (Å²) in [5.74, 6) is 1.91. The Morgan fingerprint density at radius 1 is 1.17 bits per heavy atom. The van der Waals surface area contributed by atoms with Gasteiger partial charge in [-0.1, -0.05) is 6.07 Å².